The van der Waals surface area contributed by atoms with Crippen LogP contribution < -0.4 is 32.2 Å². The summed E-state index contributed by atoms with van der Waals surface area (Å²) in [5.41, 5.74) is 19.8. The molecular formula is C8H20N6O7P2. The number of nitrogens with two attached hydrogens (primary N) is 4. The molecule has 0 radical (unpaired) electrons. The van der Waals surface area contributed by atoms with Crippen molar-refractivity contribution in [2.24, 2.45) is 22.0 Å². The molecule has 1 rings (SSSR count). The second-order valence-corrected chi connectivity index (χ2v) is 8.08. The predicted molar refractivity (Wildman–Crippen MR) is 78.8 cm³/mol. The summed E-state index contributed by atoms with van der Waals surface area (Å²) in [5.74, 6) is 0. The van der Waals surface area contributed by atoms with E-state index in [1.807, 2.05) is 0 Å². The highest BCUT2D eigenvalue weighted by atomic mass is 31.2. The molecule has 0 spiro atoms. The molecule has 15 heteroatoms. The second-order valence-electron chi connectivity index (χ2n) is 4.80. The first-order valence-electron chi connectivity index (χ1n) is 6.34. The molecule has 0 unspecified atom stereocenters. The zero-order valence-electron chi connectivity index (χ0n) is 12.0. The molecule has 0 aromatic carbocycles. The monoisotopic (exact) mass is 374 g/mol. The molecule has 0 saturated carbocycles. The average Bonchev–Trinajstić information content (AvgIpc) is 2.77. The van der Waals surface area contributed by atoms with Crippen LogP contribution in [0.3, 0.4) is 0 Å². The van der Waals surface area contributed by atoms with Crippen molar-refractivity contribution in [2.45, 2.75) is 25.0 Å². The van der Waals surface area contributed by atoms with E-state index in [4.69, 9.17) is 36.2 Å². The molecule has 1 fully saturated rings. The van der Waals surface area contributed by atoms with Crippen LogP contribution in [0, 0.1) is 0 Å². The van der Waals surface area contributed by atoms with E-state index in [-0.39, 0.29) is 13.2 Å². The fourth-order valence-corrected chi connectivity index (χ4v) is 2.41. The maximum Gasteiger partial charge on any atom is 0.414 e. The van der Waals surface area contributed by atoms with E-state index in [2.05, 4.69) is 0 Å². The maximum absolute atomic E-state index is 11.2. The van der Waals surface area contributed by atoms with Gasteiger partial charge in [-0.3, -0.25) is 31.1 Å². The van der Waals surface area contributed by atoms with Gasteiger partial charge in [0.1, 0.15) is 13.2 Å². The van der Waals surface area contributed by atoms with E-state index in [1.165, 1.54) is 0 Å². The molecule has 1 aliphatic heterocycles. The number of hydrogen-bond donors (Lipinski definition) is 6. The van der Waals surface area contributed by atoms with Crippen LogP contribution in [0.25, 0.3) is 0 Å². The van der Waals surface area contributed by atoms with Crippen molar-refractivity contribution < 1.29 is 32.9 Å². The largest absolute Gasteiger partial charge is 0.447 e. The van der Waals surface area contributed by atoms with Gasteiger partial charge in [0.15, 0.2) is 0 Å². The van der Waals surface area contributed by atoms with Crippen LogP contribution in [0.15, 0.2) is 0 Å². The highest BCUT2D eigenvalue weighted by molar-refractivity contribution is 7.57. The summed E-state index contributed by atoms with van der Waals surface area (Å²) in [6.07, 6.45) is -1.83. The van der Waals surface area contributed by atoms with E-state index in [0.717, 1.165) is 0 Å². The lowest BCUT2D eigenvalue weighted by atomic mass is 10.2. The molecule has 23 heavy (non-hydrogen) atoms. The molecule has 1 aliphatic rings. The van der Waals surface area contributed by atoms with E-state index < -0.39 is 39.6 Å². The zero-order chi connectivity index (χ0) is 17.7. The van der Waals surface area contributed by atoms with Gasteiger partial charge in [-0.15, -0.1) is 0 Å². The number of carbonyl (C=O) groups excluding carboxylic acids is 2. The topological polar surface area (TPSA) is 224 Å². The fraction of sp³-hybridized carbons (Fsp3) is 0.750. The van der Waals surface area contributed by atoms with Crippen LogP contribution in [0.1, 0.15) is 12.8 Å². The first-order valence-corrected chi connectivity index (χ1v) is 10.0. The Hall–Kier alpha value is -1.20. The zero-order valence-corrected chi connectivity index (χ0v) is 13.8. The second kappa shape index (κ2) is 8.06. The van der Waals surface area contributed by atoms with E-state index in [0.29, 0.717) is 12.8 Å². The molecule has 0 bridgehead atoms. The lowest BCUT2D eigenvalue weighted by molar-refractivity contribution is -0.0186. The van der Waals surface area contributed by atoms with Gasteiger partial charge in [0, 0.05) is 0 Å². The molecule has 10 N–H and O–H groups in total. The van der Waals surface area contributed by atoms with Gasteiger partial charge in [0.2, 0.25) is 0 Å². The Bertz CT molecular complexity index is 487. The van der Waals surface area contributed by atoms with E-state index in [9.17, 15) is 18.7 Å². The van der Waals surface area contributed by atoms with Crippen molar-refractivity contribution in [1.82, 2.24) is 10.2 Å². The normalized spacial score (nSPS) is 21.6. The van der Waals surface area contributed by atoms with Crippen LogP contribution >= 0.6 is 15.2 Å². The Balaban J connectivity index is 2.23. The Labute approximate surface area is 131 Å². The smallest absolute Gasteiger partial charge is 0.414 e. The highest BCUT2D eigenvalue weighted by Gasteiger charge is 2.28. The third kappa shape index (κ3) is 9.51. The Morgan fingerprint density at radius 3 is 1.57 bits per heavy atom. The van der Waals surface area contributed by atoms with E-state index in [1.54, 1.807) is 10.2 Å². The Morgan fingerprint density at radius 1 is 0.913 bits per heavy atom. The summed E-state index contributed by atoms with van der Waals surface area (Å²) in [6, 6.07) is 0. The maximum atomic E-state index is 11.2. The molecule has 134 valence electrons. The van der Waals surface area contributed by atoms with Crippen molar-refractivity contribution in [3.8, 4) is 0 Å². The van der Waals surface area contributed by atoms with Crippen LogP contribution in [-0.2, 0) is 23.3 Å². The number of carbonyl (C=O) groups is 2. The summed E-state index contributed by atoms with van der Waals surface area (Å²) in [7, 11) is -7.41. The minimum Gasteiger partial charge on any atom is -0.447 e. The van der Waals surface area contributed by atoms with Gasteiger partial charge in [0.05, 0.1) is 12.2 Å². The summed E-state index contributed by atoms with van der Waals surface area (Å²) in [4.78, 5) is 22.4. The molecule has 1 heterocycles. The van der Waals surface area contributed by atoms with Crippen LogP contribution in [-0.4, -0.2) is 37.6 Å². The van der Waals surface area contributed by atoms with Crippen molar-refractivity contribution in [3.63, 3.8) is 0 Å². The number of hydrogen-bond acceptors (Lipinski definition) is 7. The van der Waals surface area contributed by atoms with Gasteiger partial charge in [-0.2, -0.15) is 0 Å². The summed E-state index contributed by atoms with van der Waals surface area (Å²) >= 11 is 0. The van der Waals surface area contributed by atoms with Crippen molar-refractivity contribution in [2.75, 3.05) is 13.2 Å². The Kier molecular flexibility index (Phi) is 6.96. The lowest BCUT2D eigenvalue weighted by Gasteiger charge is -2.15. The number of amides is 2. The van der Waals surface area contributed by atoms with Gasteiger partial charge in [-0.1, -0.05) is 0 Å². The van der Waals surface area contributed by atoms with Crippen molar-refractivity contribution >= 4 is 27.4 Å². The lowest BCUT2D eigenvalue weighted by Crippen LogP contribution is -2.32. The quantitative estimate of drug-likeness (QED) is 0.310. The molecular weight excluding hydrogens is 354 g/mol. The van der Waals surface area contributed by atoms with Crippen molar-refractivity contribution in [1.29, 1.82) is 0 Å². The SMILES string of the molecule is NP(N)(=O)NC(=O)OC[C@H]1CC[C@@H](COC(=O)NP(N)(N)=O)O1. The Morgan fingerprint density at radius 2 is 1.26 bits per heavy atom. The predicted octanol–water partition coefficient (Wildman–Crippen LogP) is -0.963. The molecule has 2 atom stereocenters. The summed E-state index contributed by atoms with van der Waals surface area (Å²) in [5, 5.41) is 3.57. The van der Waals surface area contributed by atoms with Gasteiger partial charge < -0.3 is 14.2 Å². The number of nitrogens with one attached hydrogen (secondary N) is 2. The van der Waals surface area contributed by atoms with Gasteiger partial charge in [-0.25, -0.2) is 19.8 Å². The van der Waals surface area contributed by atoms with Crippen LogP contribution in [0.4, 0.5) is 9.59 Å². The van der Waals surface area contributed by atoms with Gasteiger partial charge in [-0.05, 0) is 12.8 Å². The van der Waals surface area contributed by atoms with Gasteiger partial charge in [0.25, 0.3) is 0 Å². The average molecular weight is 374 g/mol. The molecule has 1 saturated heterocycles. The van der Waals surface area contributed by atoms with Crippen molar-refractivity contribution in [3.05, 3.63) is 0 Å². The van der Waals surface area contributed by atoms with Crippen LogP contribution in [0.5, 0.6) is 0 Å². The minimum absolute atomic E-state index is 0.116. The molecule has 2 amide bonds. The molecule has 13 nitrogen and oxygen atoms in total. The third-order valence-corrected chi connectivity index (χ3v) is 3.59. The summed E-state index contributed by atoms with van der Waals surface area (Å²) in [6.45, 7) is -0.231. The fourth-order valence-electron chi connectivity index (χ4n) is 1.71. The van der Waals surface area contributed by atoms with E-state index >= 15 is 0 Å². The number of rotatable bonds is 6. The standard InChI is InChI=1S/C8H20N6O7P2/c9-22(10,17)13-7(15)19-3-5-1-2-6(21-5)4-20-8(16)14-23(11,12)18/h5-6H,1-4H2,(H5,9,10,13,15,17)(H5,11,12,14,16,18)/t5-,6+. The first-order chi connectivity index (χ1) is 10.4. The highest BCUT2D eigenvalue weighted by Crippen LogP contribution is 2.22. The molecule has 0 aromatic rings. The van der Waals surface area contributed by atoms with Crippen LogP contribution in [0.2, 0.25) is 0 Å². The number of ether oxygens (including phenoxy) is 3. The molecule has 0 aliphatic carbocycles. The van der Waals surface area contributed by atoms with Gasteiger partial charge >= 0.3 is 27.4 Å². The first kappa shape index (κ1) is 19.8. The third-order valence-electron chi connectivity index (χ3n) is 2.53. The molecule has 0 aromatic heterocycles. The summed E-state index contributed by atoms with van der Waals surface area (Å²) < 4.78 is 36.8. The minimum atomic E-state index is -3.71.